The highest BCUT2D eigenvalue weighted by Gasteiger charge is 2.23. The first-order valence-electron chi connectivity index (χ1n) is 6.94. The van der Waals surface area contributed by atoms with Crippen molar-refractivity contribution in [2.24, 2.45) is 0 Å². The quantitative estimate of drug-likeness (QED) is 0.687. The Morgan fingerprint density at radius 1 is 1.41 bits per heavy atom. The molecule has 2 N–H and O–H groups in total. The molecule has 0 radical (unpaired) electrons. The van der Waals surface area contributed by atoms with Crippen LogP contribution in [0.5, 0.6) is 0 Å². The molecule has 0 atom stereocenters. The highest BCUT2D eigenvalue weighted by atomic mass is 16.6. The van der Waals surface area contributed by atoms with E-state index in [1.165, 1.54) is 6.07 Å². The molecule has 2 rings (SSSR count). The molecule has 0 aliphatic heterocycles. The predicted molar refractivity (Wildman–Crippen MR) is 84.2 cm³/mol. The zero-order valence-electron chi connectivity index (χ0n) is 12.5. The third-order valence-electron chi connectivity index (χ3n) is 3.51. The summed E-state index contributed by atoms with van der Waals surface area (Å²) in [6, 6.07) is 8.43. The number of hydrogen-bond donors (Lipinski definition) is 1. The number of aromatic nitrogens is 1. The zero-order chi connectivity index (χ0) is 16.3. The first-order valence-corrected chi connectivity index (χ1v) is 6.94. The van der Waals surface area contributed by atoms with Gasteiger partial charge in [-0.25, -0.2) is 4.98 Å². The van der Waals surface area contributed by atoms with Crippen LogP contribution < -0.4 is 5.73 Å². The average molecular weight is 296 g/mol. The van der Waals surface area contributed by atoms with Crippen molar-refractivity contribution < 1.29 is 4.92 Å². The second kappa shape index (κ2) is 6.22. The van der Waals surface area contributed by atoms with E-state index in [-0.39, 0.29) is 17.1 Å². The van der Waals surface area contributed by atoms with Crippen molar-refractivity contribution in [1.82, 2.24) is 4.98 Å². The molecular weight excluding hydrogens is 280 g/mol. The number of rotatable bonds is 4. The Bertz CT molecular complexity index is 778. The second-order valence-electron chi connectivity index (χ2n) is 4.95. The van der Waals surface area contributed by atoms with E-state index < -0.39 is 4.92 Å². The van der Waals surface area contributed by atoms with Gasteiger partial charge in [-0.3, -0.25) is 10.1 Å². The number of nitro benzene ring substituents is 1. The molecule has 0 saturated heterocycles. The standard InChI is InChI=1S/C16H16N4O2/c1-3-6-11-10(2)19-16(18)13(9-17)15(11)12-7-4-5-8-14(12)20(21)22/h4-5,7-8H,3,6H2,1-2H3,(H2,18,19). The molecule has 22 heavy (non-hydrogen) atoms. The Kier molecular flexibility index (Phi) is 4.37. The van der Waals surface area contributed by atoms with E-state index in [2.05, 4.69) is 4.98 Å². The van der Waals surface area contributed by atoms with Gasteiger partial charge in [-0.15, -0.1) is 0 Å². The van der Waals surface area contributed by atoms with E-state index in [0.717, 1.165) is 12.0 Å². The van der Waals surface area contributed by atoms with E-state index in [9.17, 15) is 15.4 Å². The van der Waals surface area contributed by atoms with Crippen LogP contribution in [-0.4, -0.2) is 9.91 Å². The molecule has 0 spiro atoms. The van der Waals surface area contributed by atoms with Crippen molar-refractivity contribution >= 4 is 11.5 Å². The SMILES string of the molecule is CCCc1c(C)nc(N)c(C#N)c1-c1ccccc1[N+](=O)[O-]. The maximum atomic E-state index is 11.3. The van der Waals surface area contributed by atoms with Gasteiger partial charge in [0.15, 0.2) is 0 Å². The topological polar surface area (TPSA) is 106 Å². The van der Waals surface area contributed by atoms with Crippen LogP contribution in [0.25, 0.3) is 11.1 Å². The lowest BCUT2D eigenvalue weighted by molar-refractivity contribution is -0.384. The largest absolute Gasteiger partial charge is 0.383 e. The minimum Gasteiger partial charge on any atom is -0.383 e. The van der Waals surface area contributed by atoms with Crippen molar-refractivity contribution in [3.63, 3.8) is 0 Å². The number of nitrogens with two attached hydrogens (primary N) is 1. The Labute approximate surface area is 128 Å². The van der Waals surface area contributed by atoms with E-state index >= 15 is 0 Å². The van der Waals surface area contributed by atoms with Gasteiger partial charge in [0.2, 0.25) is 0 Å². The molecule has 0 saturated carbocycles. The van der Waals surface area contributed by atoms with Gasteiger partial charge >= 0.3 is 0 Å². The zero-order valence-corrected chi connectivity index (χ0v) is 12.5. The van der Waals surface area contributed by atoms with Crippen LogP contribution in [-0.2, 0) is 6.42 Å². The Morgan fingerprint density at radius 2 is 2.09 bits per heavy atom. The fourth-order valence-corrected chi connectivity index (χ4v) is 2.57. The van der Waals surface area contributed by atoms with Gasteiger partial charge in [-0.1, -0.05) is 25.5 Å². The average Bonchev–Trinajstić information content (AvgIpc) is 2.49. The summed E-state index contributed by atoms with van der Waals surface area (Å²) in [5, 5.41) is 20.7. The summed E-state index contributed by atoms with van der Waals surface area (Å²) in [4.78, 5) is 15.1. The number of para-hydroxylation sites is 1. The highest BCUT2D eigenvalue weighted by Crippen LogP contribution is 2.37. The van der Waals surface area contributed by atoms with Crippen LogP contribution >= 0.6 is 0 Å². The molecule has 0 fully saturated rings. The summed E-state index contributed by atoms with van der Waals surface area (Å²) < 4.78 is 0. The van der Waals surface area contributed by atoms with Crippen molar-refractivity contribution in [3.05, 3.63) is 51.2 Å². The molecular formula is C16H16N4O2. The molecule has 1 aromatic heterocycles. The summed E-state index contributed by atoms with van der Waals surface area (Å²) in [5.41, 5.74) is 8.49. The number of hydrogen-bond acceptors (Lipinski definition) is 5. The molecule has 0 aliphatic carbocycles. The third kappa shape index (κ3) is 2.61. The molecule has 0 unspecified atom stereocenters. The van der Waals surface area contributed by atoms with Crippen molar-refractivity contribution in [2.75, 3.05) is 5.73 Å². The van der Waals surface area contributed by atoms with E-state index in [1.807, 2.05) is 13.0 Å². The lowest BCUT2D eigenvalue weighted by atomic mass is 9.91. The molecule has 112 valence electrons. The summed E-state index contributed by atoms with van der Waals surface area (Å²) in [5.74, 6) is 0.105. The van der Waals surface area contributed by atoms with Crippen molar-refractivity contribution in [2.45, 2.75) is 26.7 Å². The number of aryl methyl sites for hydroxylation is 1. The fourth-order valence-electron chi connectivity index (χ4n) is 2.57. The van der Waals surface area contributed by atoms with Gasteiger partial charge in [0.25, 0.3) is 5.69 Å². The van der Waals surface area contributed by atoms with Gasteiger partial charge in [0.1, 0.15) is 17.5 Å². The van der Waals surface area contributed by atoms with E-state index in [4.69, 9.17) is 5.73 Å². The normalized spacial score (nSPS) is 10.2. The van der Waals surface area contributed by atoms with E-state index in [0.29, 0.717) is 23.2 Å². The van der Waals surface area contributed by atoms with Crippen molar-refractivity contribution in [1.29, 1.82) is 5.26 Å². The molecule has 0 amide bonds. The predicted octanol–water partition coefficient (Wildman–Crippen LogP) is 3.37. The van der Waals surface area contributed by atoms with Crippen LogP contribution in [0.4, 0.5) is 11.5 Å². The lowest BCUT2D eigenvalue weighted by Gasteiger charge is -2.15. The van der Waals surface area contributed by atoms with Gasteiger partial charge in [0.05, 0.1) is 10.5 Å². The Balaban J connectivity index is 2.90. The lowest BCUT2D eigenvalue weighted by Crippen LogP contribution is -2.06. The Hall–Kier alpha value is -2.94. The number of nitrogen functional groups attached to an aromatic ring is 1. The summed E-state index contributed by atoms with van der Waals surface area (Å²) in [6.07, 6.45) is 1.51. The second-order valence-corrected chi connectivity index (χ2v) is 4.95. The molecule has 1 heterocycles. The summed E-state index contributed by atoms with van der Waals surface area (Å²) in [7, 11) is 0. The molecule has 0 aliphatic rings. The maximum Gasteiger partial charge on any atom is 0.277 e. The smallest absolute Gasteiger partial charge is 0.277 e. The van der Waals surface area contributed by atoms with Gasteiger partial charge in [-0.2, -0.15) is 5.26 Å². The molecule has 0 bridgehead atoms. The number of nitriles is 1. The molecule has 6 nitrogen and oxygen atoms in total. The van der Waals surface area contributed by atoms with Gasteiger partial charge in [0, 0.05) is 17.3 Å². The number of anilines is 1. The molecule has 1 aromatic carbocycles. The first kappa shape index (κ1) is 15.4. The monoisotopic (exact) mass is 296 g/mol. The van der Waals surface area contributed by atoms with E-state index in [1.54, 1.807) is 25.1 Å². The molecule has 6 heteroatoms. The van der Waals surface area contributed by atoms with Crippen molar-refractivity contribution in [3.8, 4) is 17.2 Å². The van der Waals surface area contributed by atoms with Crippen LogP contribution in [0, 0.1) is 28.4 Å². The van der Waals surface area contributed by atoms with Gasteiger partial charge in [-0.05, 0) is 25.0 Å². The number of benzene rings is 1. The number of nitro groups is 1. The number of pyridine rings is 1. The van der Waals surface area contributed by atoms with Crippen LogP contribution in [0.3, 0.4) is 0 Å². The fraction of sp³-hybridized carbons (Fsp3) is 0.250. The number of nitrogens with zero attached hydrogens (tertiary/aromatic N) is 3. The van der Waals surface area contributed by atoms with Crippen LogP contribution in [0.1, 0.15) is 30.2 Å². The minimum absolute atomic E-state index is 0.0404. The summed E-state index contributed by atoms with van der Waals surface area (Å²) in [6.45, 7) is 3.81. The minimum atomic E-state index is -0.446. The van der Waals surface area contributed by atoms with Gasteiger partial charge < -0.3 is 5.73 Å². The maximum absolute atomic E-state index is 11.3. The molecule has 2 aromatic rings. The Morgan fingerprint density at radius 3 is 2.68 bits per heavy atom. The third-order valence-corrected chi connectivity index (χ3v) is 3.51. The van der Waals surface area contributed by atoms with Crippen LogP contribution in [0.2, 0.25) is 0 Å². The highest BCUT2D eigenvalue weighted by molar-refractivity contribution is 5.84. The summed E-state index contributed by atoms with van der Waals surface area (Å²) >= 11 is 0. The van der Waals surface area contributed by atoms with Crippen LogP contribution in [0.15, 0.2) is 24.3 Å². The first-order chi connectivity index (χ1) is 10.5.